The summed E-state index contributed by atoms with van der Waals surface area (Å²) in [6.07, 6.45) is 4.31. The van der Waals surface area contributed by atoms with Crippen LogP contribution in [-0.4, -0.2) is 35.9 Å². The van der Waals surface area contributed by atoms with Crippen molar-refractivity contribution < 1.29 is 0 Å². The maximum atomic E-state index is 11.7. The summed E-state index contributed by atoms with van der Waals surface area (Å²) in [5, 5.41) is 9.30. The Kier molecular flexibility index (Phi) is 3.49. The van der Waals surface area contributed by atoms with Gasteiger partial charge in [0.15, 0.2) is 0 Å². The van der Waals surface area contributed by atoms with E-state index >= 15 is 0 Å². The predicted octanol–water partition coefficient (Wildman–Crippen LogP) is 1.95. The van der Waals surface area contributed by atoms with Gasteiger partial charge in [0.1, 0.15) is 17.3 Å². The SMILES string of the molecule is CC1(C)C/C(=N\c2nc(Nc3ccc4c(=O)[nH][nH]c4c3)cc3nccn23)NN1. The van der Waals surface area contributed by atoms with Crippen molar-refractivity contribution in [3.05, 3.63) is 47.0 Å². The molecule has 0 saturated carbocycles. The molecule has 10 nitrogen and oxygen atoms in total. The Morgan fingerprint density at radius 2 is 2.14 bits per heavy atom. The van der Waals surface area contributed by atoms with E-state index in [1.165, 1.54) is 0 Å². The zero-order chi connectivity index (χ0) is 19.3. The van der Waals surface area contributed by atoms with Gasteiger partial charge < -0.3 is 10.7 Å². The predicted molar refractivity (Wildman–Crippen MR) is 107 cm³/mol. The molecule has 0 amide bonds. The molecule has 1 aromatic carbocycles. The zero-order valence-electron chi connectivity index (χ0n) is 15.4. The van der Waals surface area contributed by atoms with Gasteiger partial charge in [0.2, 0.25) is 5.95 Å². The zero-order valence-corrected chi connectivity index (χ0v) is 15.4. The van der Waals surface area contributed by atoms with Crippen molar-refractivity contribution in [2.24, 2.45) is 4.99 Å². The van der Waals surface area contributed by atoms with Gasteiger partial charge in [0, 0.05) is 36.1 Å². The first-order valence-corrected chi connectivity index (χ1v) is 8.89. The fraction of sp³-hybridized carbons (Fsp3) is 0.222. The lowest BCUT2D eigenvalue weighted by molar-refractivity contribution is 0.431. The second-order valence-corrected chi connectivity index (χ2v) is 7.43. The summed E-state index contributed by atoms with van der Waals surface area (Å²) >= 11 is 0. The smallest absolute Gasteiger partial charge is 0.271 e. The molecular weight excluding hydrogens is 358 g/mol. The van der Waals surface area contributed by atoms with Crippen molar-refractivity contribution in [2.45, 2.75) is 25.8 Å². The van der Waals surface area contributed by atoms with E-state index < -0.39 is 0 Å². The molecular formula is C18H19N9O. The van der Waals surface area contributed by atoms with Crippen LogP contribution in [0.2, 0.25) is 0 Å². The van der Waals surface area contributed by atoms with Crippen LogP contribution >= 0.6 is 0 Å². The molecule has 0 unspecified atom stereocenters. The maximum Gasteiger partial charge on any atom is 0.271 e. The molecule has 0 aliphatic carbocycles. The number of aliphatic imine (C=N–C) groups is 1. The summed E-state index contributed by atoms with van der Waals surface area (Å²) in [4.78, 5) is 25.3. The van der Waals surface area contributed by atoms with Gasteiger partial charge in [-0.1, -0.05) is 0 Å². The number of rotatable bonds is 3. The van der Waals surface area contributed by atoms with Crippen molar-refractivity contribution in [3.63, 3.8) is 0 Å². The number of nitrogens with zero attached hydrogens (tertiary/aromatic N) is 4. The lowest BCUT2D eigenvalue weighted by atomic mass is 10.0. The van der Waals surface area contributed by atoms with Gasteiger partial charge in [-0.05, 0) is 32.0 Å². The van der Waals surface area contributed by atoms with Crippen LogP contribution in [0.1, 0.15) is 20.3 Å². The van der Waals surface area contributed by atoms with Crippen LogP contribution < -0.4 is 21.7 Å². The van der Waals surface area contributed by atoms with Crippen molar-refractivity contribution in [1.82, 2.24) is 35.4 Å². The standard InChI is InChI=1S/C18H19N9O/c1-18(2)9-14(24-26-18)22-17-21-13(8-15-19-5-6-27(15)17)20-10-3-4-11-12(7-10)23-25-16(11)28/h3-8,20,26H,9H2,1-2H3,(H,21,22,24)(H2,23,25,28). The molecule has 0 bridgehead atoms. The van der Waals surface area contributed by atoms with Crippen LogP contribution in [0.4, 0.5) is 17.5 Å². The van der Waals surface area contributed by atoms with Crippen LogP contribution in [0, 0.1) is 0 Å². The number of aromatic nitrogens is 5. The number of fused-ring (bicyclic) bond motifs is 2. The number of hydrogen-bond acceptors (Lipinski definition) is 6. The number of aromatic amines is 2. The van der Waals surface area contributed by atoms with Crippen LogP contribution in [0.5, 0.6) is 0 Å². The van der Waals surface area contributed by atoms with Gasteiger partial charge in [0.25, 0.3) is 5.56 Å². The minimum atomic E-state index is -0.141. The summed E-state index contributed by atoms with van der Waals surface area (Å²) in [6.45, 7) is 4.20. The molecule has 1 saturated heterocycles. The largest absolute Gasteiger partial charge is 0.340 e. The van der Waals surface area contributed by atoms with E-state index in [-0.39, 0.29) is 11.1 Å². The third-order valence-corrected chi connectivity index (χ3v) is 4.61. The minimum absolute atomic E-state index is 0.0639. The van der Waals surface area contributed by atoms with Crippen molar-refractivity contribution in [1.29, 1.82) is 0 Å². The van der Waals surface area contributed by atoms with Crippen molar-refractivity contribution in [3.8, 4) is 0 Å². The monoisotopic (exact) mass is 377 g/mol. The van der Waals surface area contributed by atoms with E-state index in [1.807, 2.05) is 28.8 Å². The number of benzene rings is 1. The van der Waals surface area contributed by atoms with E-state index in [9.17, 15) is 4.79 Å². The number of H-pyrrole nitrogens is 2. The highest BCUT2D eigenvalue weighted by molar-refractivity contribution is 5.87. The molecule has 28 heavy (non-hydrogen) atoms. The van der Waals surface area contributed by atoms with Gasteiger partial charge in [-0.3, -0.25) is 19.4 Å². The molecule has 1 fully saturated rings. The first-order chi connectivity index (χ1) is 13.5. The first-order valence-electron chi connectivity index (χ1n) is 8.89. The van der Waals surface area contributed by atoms with Crippen LogP contribution in [-0.2, 0) is 0 Å². The highest BCUT2D eigenvalue weighted by Gasteiger charge is 2.27. The molecule has 10 heteroatoms. The van der Waals surface area contributed by atoms with E-state index in [1.54, 1.807) is 12.3 Å². The summed E-state index contributed by atoms with van der Waals surface area (Å²) in [6, 6.07) is 7.29. The number of hydrogen-bond donors (Lipinski definition) is 5. The molecule has 0 spiro atoms. The molecule has 4 aromatic rings. The first kappa shape index (κ1) is 16.5. The fourth-order valence-corrected chi connectivity index (χ4v) is 3.25. The second kappa shape index (κ2) is 5.92. The number of imidazole rings is 1. The van der Waals surface area contributed by atoms with E-state index in [0.29, 0.717) is 17.2 Å². The molecule has 1 aliphatic heterocycles. The summed E-state index contributed by atoms with van der Waals surface area (Å²) in [5.74, 6) is 1.95. The van der Waals surface area contributed by atoms with Gasteiger partial charge in [-0.15, -0.1) is 0 Å². The molecule has 4 heterocycles. The molecule has 0 radical (unpaired) electrons. The van der Waals surface area contributed by atoms with Crippen molar-refractivity contribution in [2.75, 3.05) is 5.32 Å². The lowest BCUT2D eigenvalue weighted by Crippen LogP contribution is -2.38. The highest BCUT2D eigenvalue weighted by atomic mass is 16.1. The molecule has 1 aliphatic rings. The van der Waals surface area contributed by atoms with E-state index in [2.05, 4.69) is 55.2 Å². The summed E-state index contributed by atoms with van der Waals surface area (Å²) in [7, 11) is 0. The van der Waals surface area contributed by atoms with Crippen LogP contribution in [0.15, 0.2) is 46.4 Å². The number of amidine groups is 1. The van der Waals surface area contributed by atoms with Crippen LogP contribution in [0.25, 0.3) is 16.6 Å². The topological polar surface area (TPSA) is 127 Å². The van der Waals surface area contributed by atoms with Gasteiger partial charge >= 0.3 is 0 Å². The number of nitrogens with one attached hydrogen (secondary N) is 5. The van der Waals surface area contributed by atoms with Gasteiger partial charge in [0.05, 0.1) is 10.9 Å². The molecule has 0 atom stereocenters. The number of hydrazine groups is 1. The van der Waals surface area contributed by atoms with E-state index in [0.717, 1.165) is 29.1 Å². The van der Waals surface area contributed by atoms with Crippen LogP contribution in [0.3, 0.4) is 0 Å². The average molecular weight is 377 g/mol. The Balaban J connectivity index is 1.52. The van der Waals surface area contributed by atoms with E-state index in [4.69, 9.17) is 0 Å². The Hall–Kier alpha value is -3.66. The molecule has 5 N–H and O–H groups in total. The Morgan fingerprint density at radius 3 is 2.96 bits per heavy atom. The van der Waals surface area contributed by atoms with Gasteiger partial charge in [-0.2, -0.15) is 9.98 Å². The minimum Gasteiger partial charge on any atom is -0.340 e. The fourth-order valence-electron chi connectivity index (χ4n) is 3.25. The summed E-state index contributed by atoms with van der Waals surface area (Å²) in [5.41, 5.74) is 8.36. The molecule has 3 aromatic heterocycles. The third-order valence-electron chi connectivity index (χ3n) is 4.61. The summed E-state index contributed by atoms with van der Waals surface area (Å²) < 4.78 is 1.83. The maximum absolute atomic E-state index is 11.7. The third kappa shape index (κ3) is 2.89. The highest BCUT2D eigenvalue weighted by Crippen LogP contribution is 2.23. The Bertz CT molecular complexity index is 1280. The van der Waals surface area contributed by atoms with Gasteiger partial charge in [-0.25, -0.2) is 10.4 Å². The second-order valence-electron chi connectivity index (χ2n) is 7.43. The lowest BCUT2D eigenvalue weighted by Gasteiger charge is -2.13. The Morgan fingerprint density at radius 1 is 1.25 bits per heavy atom. The molecule has 142 valence electrons. The quantitative estimate of drug-likeness (QED) is 0.371. The Labute approximate surface area is 159 Å². The normalized spacial score (nSPS) is 17.4. The van der Waals surface area contributed by atoms with Crippen molar-refractivity contribution >= 4 is 39.8 Å². The number of anilines is 2. The average Bonchev–Trinajstić information content (AvgIpc) is 3.34. The molecule has 5 rings (SSSR count).